The summed E-state index contributed by atoms with van der Waals surface area (Å²) >= 11 is 0. The van der Waals surface area contributed by atoms with E-state index < -0.39 is 0 Å². The second-order valence-corrected chi connectivity index (χ2v) is 4.87. The minimum atomic E-state index is 1.15. The Kier molecular flexibility index (Phi) is 4.53. The monoisotopic (exact) mass is 285 g/mol. The van der Waals surface area contributed by atoms with Gasteiger partial charge in [0.1, 0.15) is 0 Å². The predicted molar refractivity (Wildman–Crippen MR) is 90.3 cm³/mol. The SMILES string of the molecule is C(/C=C/c1cc[n+](-c2ccccc2)cc1)=C\c1ccncc1. The third-order valence-corrected chi connectivity index (χ3v) is 3.30. The van der Waals surface area contributed by atoms with Crippen LogP contribution in [0.25, 0.3) is 17.8 Å². The molecule has 1 aromatic carbocycles. The largest absolute Gasteiger partial charge is 0.265 e. The van der Waals surface area contributed by atoms with Crippen LogP contribution in [0.15, 0.2) is 91.5 Å². The number of allylic oxidation sites excluding steroid dienone is 2. The van der Waals surface area contributed by atoms with Crippen LogP contribution in [-0.4, -0.2) is 4.98 Å². The Morgan fingerprint density at radius 1 is 0.682 bits per heavy atom. The minimum absolute atomic E-state index is 1.15. The number of hydrogen-bond acceptors (Lipinski definition) is 1. The van der Waals surface area contributed by atoms with Crippen LogP contribution in [0, 0.1) is 0 Å². The van der Waals surface area contributed by atoms with Crippen LogP contribution in [0.1, 0.15) is 11.1 Å². The molecule has 3 rings (SSSR count). The first-order valence-corrected chi connectivity index (χ1v) is 7.23. The molecule has 0 fully saturated rings. The van der Waals surface area contributed by atoms with Gasteiger partial charge in [-0.05, 0) is 23.3 Å². The fourth-order valence-corrected chi connectivity index (χ4v) is 2.13. The van der Waals surface area contributed by atoms with Crippen molar-refractivity contribution in [3.63, 3.8) is 0 Å². The maximum Gasteiger partial charge on any atom is 0.210 e. The summed E-state index contributed by atoms with van der Waals surface area (Å²) in [6.07, 6.45) is 16.0. The Morgan fingerprint density at radius 3 is 1.91 bits per heavy atom. The summed E-state index contributed by atoms with van der Waals surface area (Å²) in [6.45, 7) is 0. The van der Waals surface area contributed by atoms with Crippen molar-refractivity contribution in [2.45, 2.75) is 0 Å². The predicted octanol–water partition coefficient (Wildman–Crippen LogP) is 4.08. The molecule has 0 unspecified atom stereocenters. The normalized spacial score (nSPS) is 11.3. The van der Waals surface area contributed by atoms with Gasteiger partial charge in [0.25, 0.3) is 0 Å². The van der Waals surface area contributed by atoms with Crippen molar-refractivity contribution < 1.29 is 4.57 Å². The standard InChI is InChI=1S/C20H17N2/c1-2-8-20(9-3-1)22-16-12-19(13-17-22)7-5-4-6-18-10-14-21-15-11-18/h1-17H/q+1/b6-4+,7-5+. The molecular formula is C20H17N2+. The molecule has 3 aromatic rings. The van der Waals surface area contributed by atoms with E-state index in [0.717, 1.165) is 11.3 Å². The smallest absolute Gasteiger partial charge is 0.210 e. The topological polar surface area (TPSA) is 16.8 Å². The van der Waals surface area contributed by atoms with Crippen LogP contribution in [0.2, 0.25) is 0 Å². The quantitative estimate of drug-likeness (QED) is 0.521. The van der Waals surface area contributed by atoms with Crippen LogP contribution in [0.3, 0.4) is 0 Å². The lowest BCUT2D eigenvalue weighted by molar-refractivity contribution is -0.595. The van der Waals surface area contributed by atoms with E-state index in [1.54, 1.807) is 12.4 Å². The molecule has 2 heterocycles. The van der Waals surface area contributed by atoms with E-state index in [4.69, 9.17) is 0 Å². The zero-order valence-corrected chi connectivity index (χ0v) is 12.2. The van der Waals surface area contributed by atoms with Crippen molar-refractivity contribution in [2.75, 3.05) is 0 Å². The van der Waals surface area contributed by atoms with Crippen LogP contribution in [0.5, 0.6) is 0 Å². The number of para-hydroxylation sites is 1. The number of rotatable bonds is 4. The maximum absolute atomic E-state index is 4.00. The molecule has 0 amide bonds. The summed E-state index contributed by atoms with van der Waals surface area (Å²) in [5.41, 5.74) is 3.48. The van der Waals surface area contributed by atoms with Crippen LogP contribution < -0.4 is 4.57 Å². The lowest BCUT2D eigenvalue weighted by atomic mass is 10.2. The van der Waals surface area contributed by atoms with Gasteiger partial charge in [0.15, 0.2) is 12.4 Å². The fraction of sp³-hybridized carbons (Fsp3) is 0. The molecule has 0 saturated heterocycles. The second-order valence-electron chi connectivity index (χ2n) is 4.87. The Hall–Kier alpha value is -3.00. The van der Waals surface area contributed by atoms with Crippen LogP contribution in [-0.2, 0) is 0 Å². The van der Waals surface area contributed by atoms with Crippen LogP contribution in [0.4, 0.5) is 0 Å². The Labute approximate surface area is 130 Å². The molecule has 2 aromatic heterocycles. The van der Waals surface area contributed by atoms with E-state index >= 15 is 0 Å². The van der Waals surface area contributed by atoms with Gasteiger partial charge in [-0.2, -0.15) is 4.57 Å². The van der Waals surface area contributed by atoms with E-state index in [9.17, 15) is 0 Å². The van der Waals surface area contributed by atoms with Gasteiger partial charge in [0, 0.05) is 36.7 Å². The average molecular weight is 285 g/mol. The average Bonchev–Trinajstić information content (AvgIpc) is 2.61. The van der Waals surface area contributed by atoms with Gasteiger partial charge in [-0.25, -0.2) is 0 Å². The van der Waals surface area contributed by atoms with Crippen molar-refractivity contribution in [2.24, 2.45) is 0 Å². The summed E-state index contributed by atoms with van der Waals surface area (Å²) in [6, 6.07) is 18.5. The molecule has 0 radical (unpaired) electrons. The highest BCUT2D eigenvalue weighted by Crippen LogP contribution is 2.04. The zero-order valence-electron chi connectivity index (χ0n) is 12.2. The van der Waals surface area contributed by atoms with Crippen molar-refractivity contribution in [3.05, 3.63) is 103 Å². The van der Waals surface area contributed by atoms with E-state index in [2.05, 4.69) is 58.4 Å². The lowest BCUT2D eigenvalue weighted by Gasteiger charge is -1.95. The minimum Gasteiger partial charge on any atom is -0.265 e. The number of benzene rings is 1. The number of nitrogens with zero attached hydrogens (tertiary/aromatic N) is 2. The van der Waals surface area contributed by atoms with E-state index in [1.165, 1.54) is 5.56 Å². The molecule has 2 nitrogen and oxygen atoms in total. The van der Waals surface area contributed by atoms with Crippen molar-refractivity contribution in [3.8, 4) is 5.69 Å². The fourth-order valence-electron chi connectivity index (χ4n) is 2.13. The van der Waals surface area contributed by atoms with Gasteiger partial charge in [-0.3, -0.25) is 4.98 Å². The summed E-state index contributed by atoms with van der Waals surface area (Å²) < 4.78 is 2.10. The highest BCUT2D eigenvalue weighted by Gasteiger charge is 2.02. The van der Waals surface area contributed by atoms with E-state index in [-0.39, 0.29) is 0 Å². The van der Waals surface area contributed by atoms with E-state index in [0.29, 0.717) is 0 Å². The molecule has 106 valence electrons. The summed E-state index contributed by atoms with van der Waals surface area (Å²) in [5.74, 6) is 0. The molecule has 2 heteroatoms. The lowest BCUT2D eigenvalue weighted by Crippen LogP contribution is -2.28. The van der Waals surface area contributed by atoms with Gasteiger partial charge < -0.3 is 0 Å². The molecule has 0 aliphatic carbocycles. The second kappa shape index (κ2) is 7.14. The van der Waals surface area contributed by atoms with Gasteiger partial charge in [0.2, 0.25) is 5.69 Å². The molecule has 0 N–H and O–H groups in total. The van der Waals surface area contributed by atoms with Crippen LogP contribution >= 0.6 is 0 Å². The maximum atomic E-state index is 4.00. The van der Waals surface area contributed by atoms with Gasteiger partial charge >= 0.3 is 0 Å². The summed E-state index contributed by atoms with van der Waals surface area (Å²) in [5, 5.41) is 0. The van der Waals surface area contributed by atoms with E-state index in [1.807, 2.05) is 42.5 Å². The third kappa shape index (κ3) is 3.76. The number of pyridine rings is 2. The molecule has 0 bridgehead atoms. The summed E-state index contributed by atoms with van der Waals surface area (Å²) in [4.78, 5) is 4.00. The zero-order chi connectivity index (χ0) is 15.0. The van der Waals surface area contributed by atoms with Crippen molar-refractivity contribution >= 4 is 12.2 Å². The molecule has 0 spiro atoms. The molecule has 0 aliphatic rings. The molecule has 22 heavy (non-hydrogen) atoms. The Bertz CT molecular complexity index is 758. The third-order valence-electron chi connectivity index (χ3n) is 3.30. The summed E-state index contributed by atoms with van der Waals surface area (Å²) in [7, 11) is 0. The first-order valence-electron chi connectivity index (χ1n) is 7.23. The highest BCUT2D eigenvalue weighted by molar-refractivity contribution is 5.56. The van der Waals surface area contributed by atoms with Gasteiger partial charge in [-0.1, -0.05) is 42.5 Å². The number of aromatic nitrogens is 2. The molecule has 0 atom stereocenters. The Balaban J connectivity index is 1.66. The first-order chi connectivity index (χ1) is 10.9. The van der Waals surface area contributed by atoms with Crippen molar-refractivity contribution in [1.29, 1.82) is 0 Å². The van der Waals surface area contributed by atoms with Gasteiger partial charge in [-0.15, -0.1) is 0 Å². The van der Waals surface area contributed by atoms with Crippen molar-refractivity contribution in [1.82, 2.24) is 4.98 Å². The molecule has 0 aliphatic heterocycles. The highest BCUT2D eigenvalue weighted by atomic mass is 14.9. The van der Waals surface area contributed by atoms with Gasteiger partial charge in [0.05, 0.1) is 0 Å². The molecule has 0 saturated carbocycles. The first kappa shape index (κ1) is 14.0. The molecular weight excluding hydrogens is 268 g/mol. The Morgan fingerprint density at radius 2 is 1.27 bits per heavy atom. The number of hydrogen-bond donors (Lipinski definition) is 0.